The van der Waals surface area contributed by atoms with Crippen molar-refractivity contribution >= 4 is 29.1 Å². The van der Waals surface area contributed by atoms with Crippen LogP contribution in [0.4, 0.5) is 0 Å². The van der Waals surface area contributed by atoms with Gasteiger partial charge in [0.2, 0.25) is 0 Å². The zero-order chi connectivity index (χ0) is 12.8. The van der Waals surface area contributed by atoms with Gasteiger partial charge < -0.3 is 0 Å². The minimum Gasteiger partial charge on any atom is -0.295 e. The summed E-state index contributed by atoms with van der Waals surface area (Å²) in [6.45, 7) is 2.58. The summed E-state index contributed by atoms with van der Waals surface area (Å²) >= 11 is 7.58. The van der Waals surface area contributed by atoms with Gasteiger partial charge in [0.05, 0.1) is 6.54 Å². The molecule has 0 bridgehead atoms. The van der Waals surface area contributed by atoms with E-state index in [9.17, 15) is 4.79 Å². The molecule has 17 heavy (non-hydrogen) atoms. The van der Waals surface area contributed by atoms with Gasteiger partial charge in [0.15, 0.2) is 5.78 Å². The first-order valence-corrected chi connectivity index (χ1v) is 7.29. The molecule has 94 valence electrons. The Balaban J connectivity index is 2.57. The van der Waals surface area contributed by atoms with E-state index in [4.69, 9.17) is 11.6 Å². The number of carbonyl (C=O) groups excluding carboxylic acids is 1. The highest BCUT2D eigenvalue weighted by Crippen LogP contribution is 2.11. The van der Waals surface area contributed by atoms with Gasteiger partial charge in [0.25, 0.3) is 0 Å². The number of likely N-dealkylation sites (N-methyl/N-ethyl adjacent to an activating group) is 1. The van der Waals surface area contributed by atoms with Crippen molar-refractivity contribution in [2.45, 2.75) is 13.0 Å². The summed E-state index contributed by atoms with van der Waals surface area (Å²) in [6, 6.07) is 7.46. The molecule has 1 aromatic rings. The van der Waals surface area contributed by atoms with E-state index in [1.807, 2.05) is 7.05 Å². The van der Waals surface area contributed by atoms with Crippen LogP contribution in [0.5, 0.6) is 0 Å². The molecule has 0 heterocycles. The number of Topliss-reactive ketones (excluding diaryl/α,β-unsaturated/α-hetero) is 1. The van der Waals surface area contributed by atoms with Crippen LogP contribution in [-0.4, -0.2) is 42.3 Å². The first-order chi connectivity index (χ1) is 8.04. The van der Waals surface area contributed by atoms with Crippen LogP contribution in [0, 0.1) is 0 Å². The Bertz CT molecular complexity index is 366. The molecule has 0 fully saturated rings. The van der Waals surface area contributed by atoms with Crippen LogP contribution >= 0.6 is 23.4 Å². The number of nitrogens with zero attached hydrogens (tertiary/aromatic N) is 1. The van der Waals surface area contributed by atoms with Crippen molar-refractivity contribution in [3.8, 4) is 0 Å². The second-order valence-electron chi connectivity index (χ2n) is 4.15. The molecule has 0 saturated heterocycles. The van der Waals surface area contributed by atoms with Crippen LogP contribution in [-0.2, 0) is 0 Å². The summed E-state index contributed by atoms with van der Waals surface area (Å²) in [5, 5.41) is 0.658. The van der Waals surface area contributed by atoms with E-state index >= 15 is 0 Å². The molecule has 2 nitrogen and oxygen atoms in total. The van der Waals surface area contributed by atoms with Crippen LogP contribution in [0.3, 0.4) is 0 Å². The fourth-order valence-electron chi connectivity index (χ4n) is 1.48. The number of benzene rings is 1. The number of ketones is 1. The molecule has 0 aliphatic rings. The van der Waals surface area contributed by atoms with E-state index in [2.05, 4.69) is 18.1 Å². The lowest BCUT2D eigenvalue weighted by molar-refractivity contribution is 0.0931. The molecular formula is C13H18ClNOS. The lowest BCUT2D eigenvalue weighted by atomic mass is 10.1. The number of thioether (sulfide) groups is 1. The summed E-state index contributed by atoms with van der Waals surface area (Å²) in [6.07, 6.45) is 2.07. The number of hydrogen-bond acceptors (Lipinski definition) is 3. The Hall–Kier alpha value is -0.510. The van der Waals surface area contributed by atoms with Crippen molar-refractivity contribution < 1.29 is 4.79 Å². The third-order valence-corrected chi connectivity index (χ3v) is 3.79. The number of halogens is 1. The normalized spacial score (nSPS) is 12.8. The van der Waals surface area contributed by atoms with Gasteiger partial charge in [-0.15, -0.1) is 0 Å². The fraction of sp³-hybridized carbons (Fsp3) is 0.462. The minimum atomic E-state index is 0.136. The van der Waals surface area contributed by atoms with Gasteiger partial charge in [0, 0.05) is 22.4 Å². The molecule has 0 amide bonds. The van der Waals surface area contributed by atoms with E-state index in [1.54, 1.807) is 36.0 Å². The molecule has 1 unspecified atom stereocenters. The molecule has 0 saturated carbocycles. The lowest BCUT2D eigenvalue weighted by Crippen LogP contribution is -2.35. The van der Waals surface area contributed by atoms with Gasteiger partial charge in [-0.2, -0.15) is 11.8 Å². The Labute approximate surface area is 112 Å². The van der Waals surface area contributed by atoms with Crippen LogP contribution in [0.1, 0.15) is 17.3 Å². The monoisotopic (exact) mass is 271 g/mol. The Kier molecular flexibility index (Phi) is 6.03. The predicted octanol–water partition coefficient (Wildman–Crippen LogP) is 3.21. The van der Waals surface area contributed by atoms with Crippen molar-refractivity contribution in [3.63, 3.8) is 0 Å². The molecule has 0 N–H and O–H groups in total. The number of rotatable bonds is 6. The lowest BCUT2D eigenvalue weighted by Gasteiger charge is -2.23. The van der Waals surface area contributed by atoms with Crippen LogP contribution < -0.4 is 0 Å². The molecule has 0 aromatic heterocycles. The fourth-order valence-corrected chi connectivity index (χ4v) is 2.34. The maximum atomic E-state index is 12.0. The maximum Gasteiger partial charge on any atom is 0.176 e. The third kappa shape index (κ3) is 4.70. The smallest absolute Gasteiger partial charge is 0.176 e. The summed E-state index contributed by atoms with van der Waals surface area (Å²) in [7, 11) is 1.98. The largest absolute Gasteiger partial charge is 0.295 e. The van der Waals surface area contributed by atoms with Gasteiger partial charge in [-0.1, -0.05) is 11.6 Å². The highest BCUT2D eigenvalue weighted by atomic mass is 35.5. The second kappa shape index (κ2) is 7.04. The Morgan fingerprint density at radius 2 is 2.00 bits per heavy atom. The van der Waals surface area contributed by atoms with E-state index in [0.29, 0.717) is 17.6 Å². The average molecular weight is 272 g/mol. The van der Waals surface area contributed by atoms with Crippen LogP contribution in [0.25, 0.3) is 0 Å². The zero-order valence-electron chi connectivity index (χ0n) is 10.4. The van der Waals surface area contributed by atoms with Crippen molar-refractivity contribution in [2.24, 2.45) is 0 Å². The summed E-state index contributed by atoms with van der Waals surface area (Å²) in [4.78, 5) is 14.1. The highest BCUT2D eigenvalue weighted by Gasteiger charge is 2.13. The quantitative estimate of drug-likeness (QED) is 0.741. The van der Waals surface area contributed by atoms with Crippen molar-refractivity contribution in [1.29, 1.82) is 0 Å². The zero-order valence-corrected chi connectivity index (χ0v) is 12.0. The van der Waals surface area contributed by atoms with E-state index in [1.165, 1.54) is 0 Å². The Morgan fingerprint density at radius 3 is 2.53 bits per heavy atom. The SMILES string of the molecule is CSCC(C)N(C)CC(=O)c1ccc(Cl)cc1. The summed E-state index contributed by atoms with van der Waals surface area (Å²) < 4.78 is 0. The van der Waals surface area contributed by atoms with Gasteiger partial charge in [0.1, 0.15) is 0 Å². The van der Waals surface area contributed by atoms with Crippen molar-refractivity contribution in [2.75, 3.05) is 25.6 Å². The molecule has 4 heteroatoms. The van der Waals surface area contributed by atoms with Gasteiger partial charge in [-0.3, -0.25) is 9.69 Å². The van der Waals surface area contributed by atoms with Gasteiger partial charge >= 0.3 is 0 Å². The first-order valence-electron chi connectivity index (χ1n) is 5.52. The maximum absolute atomic E-state index is 12.0. The van der Waals surface area contributed by atoms with Crippen LogP contribution in [0.15, 0.2) is 24.3 Å². The predicted molar refractivity (Wildman–Crippen MR) is 76.3 cm³/mol. The van der Waals surface area contributed by atoms with E-state index < -0.39 is 0 Å². The summed E-state index contributed by atoms with van der Waals surface area (Å²) in [5.41, 5.74) is 0.720. The molecular weight excluding hydrogens is 254 g/mol. The molecule has 0 aliphatic heterocycles. The molecule has 1 atom stereocenters. The molecule has 1 aromatic carbocycles. The second-order valence-corrected chi connectivity index (χ2v) is 5.50. The van der Waals surface area contributed by atoms with Crippen molar-refractivity contribution in [1.82, 2.24) is 4.90 Å². The topological polar surface area (TPSA) is 20.3 Å². The molecule has 0 aliphatic carbocycles. The Morgan fingerprint density at radius 1 is 1.41 bits per heavy atom. The van der Waals surface area contributed by atoms with Crippen molar-refractivity contribution in [3.05, 3.63) is 34.9 Å². The highest BCUT2D eigenvalue weighted by molar-refractivity contribution is 7.98. The number of carbonyl (C=O) groups is 1. The standard InChI is InChI=1S/C13H18ClNOS/c1-10(9-17-3)15(2)8-13(16)11-4-6-12(14)7-5-11/h4-7,10H,8-9H2,1-3H3. The minimum absolute atomic E-state index is 0.136. The summed E-state index contributed by atoms with van der Waals surface area (Å²) in [5.74, 6) is 1.17. The average Bonchev–Trinajstić information content (AvgIpc) is 2.30. The third-order valence-electron chi connectivity index (χ3n) is 2.72. The van der Waals surface area contributed by atoms with E-state index in [-0.39, 0.29) is 5.78 Å². The molecule has 0 radical (unpaired) electrons. The molecule has 0 spiro atoms. The van der Waals surface area contributed by atoms with Gasteiger partial charge in [-0.25, -0.2) is 0 Å². The molecule has 1 rings (SSSR count). The first kappa shape index (κ1) is 14.6. The van der Waals surface area contributed by atoms with Crippen LogP contribution in [0.2, 0.25) is 5.02 Å². The van der Waals surface area contributed by atoms with E-state index in [0.717, 1.165) is 11.3 Å². The number of hydrogen-bond donors (Lipinski definition) is 0. The van der Waals surface area contributed by atoms with Gasteiger partial charge in [-0.05, 0) is 44.5 Å².